The third-order valence-corrected chi connectivity index (χ3v) is 2.82. The number of nitrogens with two attached hydrogens (primary N) is 1. The van der Waals surface area contributed by atoms with Gasteiger partial charge in [-0.25, -0.2) is 0 Å². The Kier molecular flexibility index (Phi) is 4.53. The summed E-state index contributed by atoms with van der Waals surface area (Å²) < 4.78 is 0. The van der Waals surface area contributed by atoms with Crippen LogP contribution in [0.2, 0.25) is 6.32 Å². The molecule has 1 heterocycles. The van der Waals surface area contributed by atoms with Crippen LogP contribution in [0.15, 0.2) is 0 Å². The first-order valence-corrected chi connectivity index (χ1v) is 5.10. The topological polar surface area (TPSA) is 116 Å². The summed E-state index contributed by atoms with van der Waals surface area (Å²) in [4.78, 5) is 10.8. The van der Waals surface area contributed by atoms with Gasteiger partial charge in [0, 0.05) is 18.5 Å². The molecular formula is C8H17BN2O4. The number of carboxylic acid groups (broad SMARTS) is 1. The second kappa shape index (κ2) is 5.46. The van der Waals surface area contributed by atoms with Crippen LogP contribution >= 0.6 is 0 Å². The molecule has 1 rings (SSSR count). The van der Waals surface area contributed by atoms with E-state index in [2.05, 4.69) is 5.32 Å². The molecule has 0 amide bonds. The van der Waals surface area contributed by atoms with Crippen LogP contribution in [0.5, 0.6) is 0 Å². The number of aliphatic carboxylic acids is 1. The third kappa shape index (κ3) is 3.46. The van der Waals surface area contributed by atoms with E-state index in [0.717, 1.165) is 0 Å². The molecule has 7 heteroatoms. The molecule has 0 aromatic carbocycles. The fourth-order valence-corrected chi connectivity index (χ4v) is 2.00. The largest absolute Gasteiger partial charge is 0.480 e. The lowest BCUT2D eigenvalue weighted by molar-refractivity contribution is -0.140. The third-order valence-electron chi connectivity index (χ3n) is 2.82. The monoisotopic (exact) mass is 216 g/mol. The molecule has 0 spiro atoms. The second-order valence-electron chi connectivity index (χ2n) is 3.96. The summed E-state index contributed by atoms with van der Waals surface area (Å²) in [6, 6.07) is -0.766. The highest BCUT2D eigenvalue weighted by molar-refractivity contribution is 6.40. The van der Waals surface area contributed by atoms with Crippen LogP contribution in [0, 0.1) is 5.92 Å². The molecule has 6 nitrogen and oxygen atoms in total. The average Bonchev–Trinajstić information content (AvgIpc) is 2.47. The lowest BCUT2D eigenvalue weighted by Gasteiger charge is -2.18. The van der Waals surface area contributed by atoms with Crippen molar-refractivity contribution in [2.45, 2.75) is 31.2 Å². The predicted octanol–water partition coefficient (Wildman–Crippen LogP) is -1.76. The molecule has 0 radical (unpaired) electrons. The number of nitrogens with one attached hydrogen (secondary N) is 1. The second-order valence-corrected chi connectivity index (χ2v) is 3.96. The Morgan fingerprint density at radius 2 is 2.20 bits per heavy atom. The number of hydrogen-bond donors (Lipinski definition) is 5. The predicted molar refractivity (Wildman–Crippen MR) is 55.1 cm³/mol. The van der Waals surface area contributed by atoms with Crippen LogP contribution in [0.3, 0.4) is 0 Å². The van der Waals surface area contributed by atoms with E-state index in [0.29, 0.717) is 19.4 Å². The summed E-state index contributed by atoms with van der Waals surface area (Å²) >= 11 is 0. The van der Waals surface area contributed by atoms with Crippen molar-refractivity contribution in [3.05, 3.63) is 0 Å². The van der Waals surface area contributed by atoms with Gasteiger partial charge in [0.15, 0.2) is 0 Å². The molecule has 0 aliphatic carbocycles. The Hall–Kier alpha value is -0.625. The van der Waals surface area contributed by atoms with E-state index in [1.807, 2.05) is 0 Å². The smallest absolute Gasteiger partial charge is 0.451 e. The number of hydrogen-bond acceptors (Lipinski definition) is 5. The van der Waals surface area contributed by atoms with E-state index < -0.39 is 19.1 Å². The van der Waals surface area contributed by atoms with Gasteiger partial charge in [-0.3, -0.25) is 4.79 Å². The molecule has 0 saturated carbocycles. The summed E-state index contributed by atoms with van der Waals surface area (Å²) in [5, 5.41) is 29.1. The van der Waals surface area contributed by atoms with Crippen molar-refractivity contribution >= 4 is 13.1 Å². The van der Waals surface area contributed by atoms with Crippen LogP contribution in [0.4, 0.5) is 0 Å². The Labute approximate surface area is 88.6 Å². The highest BCUT2D eigenvalue weighted by Gasteiger charge is 2.37. The van der Waals surface area contributed by atoms with E-state index in [9.17, 15) is 4.79 Å². The van der Waals surface area contributed by atoms with E-state index in [-0.39, 0.29) is 18.3 Å². The van der Waals surface area contributed by atoms with Crippen LogP contribution in [-0.4, -0.2) is 46.9 Å². The van der Waals surface area contributed by atoms with Gasteiger partial charge in [-0.1, -0.05) is 6.42 Å². The Morgan fingerprint density at radius 1 is 1.53 bits per heavy atom. The van der Waals surface area contributed by atoms with E-state index in [1.54, 1.807) is 0 Å². The van der Waals surface area contributed by atoms with E-state index in [1.165, 1.54) is 0 Å². The zero-order valence-corrected chi connectivity index (χ0v) is 8.47. The van der Waals surface area contributed by atoms with Gasteiger partial charge >= 0.3 is 13.1 Å². The van der Waals surface area contributed by atoms with Gasteiger partial charge in [-0.15, -0.1) is 0 Å². The van der Waals surface area contributed by atoms with Gasteiger partial charge < -0.3 is 26.2 Å². The normalized spacial score (nSPS) is 30.5. The Morgan fingerprint density at radius 3 is 2.73 bits per heavy atom. The zero-order chi connectivity index (χ0) is 11.4. The van der Waals surface area contributed by atoms with Crippen LogP contribution in [0.1, 0.15) is 12.8 Å². The summed E-state index contributed by atoms with van der Waals surface area (Å²) in [5.74, 6) is -1.02. The van der Waals surface area contributed by atoms with Gasteiger partial charge in [0.05, 0.1) is 0 Å². The van der Waals surface area contributed by atoms with E-state index in [4.69, 9.17) is 20.9 Å². The first kappa shape index (κ1) is 12.4. The number of carboxylic acids is 1. The van der Waals surface area contributed by atoms with Crippen LogP contribution < -0.4 is 11.1 Å². The molecule has 1 saturated heterocycles. The average molecular weight is 216 g/mol. The summed E-state index contributed by atoms with van der Waals surface area (Å²) in [6.45, 7) is 0.503. The maximum atomic E-state index is 10.8. The standard InChI is InChI=1S/C8H17BN2O4/c10-6-4-11-7(8(12)13)5(6)2-1-3-9(14)15/h5-7,11,14-15H,1-4,10H2,(H,12,13). The molecule has 0 aromatic heterocycles. The minimum atomic E-state index is -1.32. The van der Waals surface area contributed by atoms with Crippen LogP contribution in [0.25, 0.3) is 0 Å². The molecule has 15 heavy (non-hydrogen) atoms. The molecule has 1 aliphatic heterocycles. The van der Waals surface area contributed by atoms with Crippen molar-refractivity contribution in [2.75, 3.05) is 6.54 Å². The first-order valence-electron chi connectivity index (χ1n) is 5.10. The maximum Gasteiger partial charge on any atom is 0.451 e. The fraction of sp³-hybridized carbons (Fsp3) is 0.875. The van der Waals surface area contributed by atoms with Crippen molar-refractivity contribution in [3.63, 3.8) is 0 Å². The minimum absolute atomic E-state index is 0.124. The SMILES string of the molecule is NC1CNC(C(=O)O)C1CCCB(O)O. The van der Waals surface area contributed by atoms with Crippen molar-refractivity contribution in [2.24, 2.45) is 11.7 Å². The first-order chi connectivity index (χ1) is 7.02. The summed E-state index contributed by atoms with van der Waals surface area (Å²) in [7, 11) is -1.32. The Bertz CT molecular complexity index is 227. The molecule has 1 aliphatic rings. The minimum Gasteiger partial charge on any atom is -0.480 e. The molecule has 6 N–H and O–H groups in total. The highest BCUT2D eigenvalue weighted by atomic mass is 16.4. The lowest BCUT2D eigenvalue weighted by Crippen LogP contribution is -2.37. The maximum absolute atomic E-state index is 10.8. The van der Waals surface area contributed by atoms with Gasteiger partial charge in [0.2, 0.25) is 0 Å². The molecular weight excluding hydrogens is 199 g/mol. The lowest BCUT2D eigenvalue weighted by atomic mass is 9.80. The Balaban J connectivity index is 2.39. The molecule has 0 aromatic rings. The molecule has 3 atom stereocenters. The van der Waals surface area contributed by atoms with Crippen molar-refractivity contribution < 1.29 is 19.9 Å². The fourth-order valence-electron chi connectivity index (χ4n) is 2.00. The zero-order valence-electron chi connectivity index (χ0n) is 8.47. The molecule has 86 valence electrons. The highest BCUT2D eigenvalue weighted by Crippen LogP contribution is 2.21. The van der Waals surface area contributed by atoms with Crippen molar-refractivity contribution in [3.8, 4) is 0 Å². The van der Waals surface area contributed by atoms with Gasteiger partial charge in [-0.2, -0.15) is 0 Å². The van der Waals surface area contributed by atoms with Crippen LogP contribution in [-0.2, 0) is 4.79 Å². The van der Waals surface area contributed by atoms with Gasteiger partial charge in [0.25, 0.3) is 0 Å². The molecule has 0 bridgehead atoms. The number of rotatable bonds is 5. The molecule has 1 fully saturated rings. The quantitative estimate of drug-likeness (QED) is 0.347. The van der Waals surface area contributed by atoms with Gasteiger partial charge in [0.1, 0.15) is 6.04 Å². The summed E-state index contributed by atoms with van der Waals surface area (Å²) in [6.07, 6.45) is 1.43. The summed E-state index contributed by atoms with van der Waals surface area (Å²) in [5.41, 5.74) is 5.77. The molecule has 3 unspecified atom stereocenters. The van der Waals surface area contributed by atoms with E-state index >= 15 is 0 Å². The van der Waals surface area contributed by atoms with Crippen molar-refractivity contribution in [1.29, 1.82) is 0 Å². The number of carbonyl (C=O) groups is 1. The van der Waals surface area contributed by atoms with Gasteiger partial charge in [-0.05, 0) is 12.7 Å². The van der Waals surface area contributed by atoms with Crippen molar-refractivity contribution in [1.82, 2.24) is 5.32 Å².